The van der Waals surface area contributed by atoms with Crippen LogP contribution in [-0.2, 0) is 11.3 Å². The van der Waals surface area contributed by atoms with Gasteiger partial charge in [-0.25, -0.2) is 10.9 Å². The zero-order valence-corrected chi connectivity index (χ0v) is 15.6. The van der Waals surface area contributed by atoms with Gasteiger partial charge in [0.25, 0.3) is 0 Å². The fraction of sp³-hybridized carbons (Fsp3) is 0.550. The minimum Gasteiger partial charge on any atom is -0.326 e. The van der Waals surface area contributed by atoms with Crippen molar-refractivity contribution in [3.8, 4) is 12.3 Å². The monoisotopic (exact) mass is 355 g/mol. The molecule has 2 aliphatic rings. The SMILES string of the molecule is C#CCCC1(CCC(=O)Nc2ccc(CN3CCN(C)CC3)cc2)NN1. The number of hydrogen-bond acceptors (Lipinski definition) is 5. The summed E-state index contributed by atoms with van der Waals surface area (Å²) >= 11 is 0. The molecule has 0 atom stereocenters. The summed E-state index contributed by atoms with van der Waals surface area (Å²) in [6, 6.07) is 8.19. The second kappa shape index (κ2) is 8.65. The van der Waals surface area contributed by atoms with Gasteiger partial charge in [0, 0.05) is 51.3 Å². The van der Waals surface area contributed by atoms with Crippen LogP contribution in [0.1, 0.15) is 31.2 Å². The lowest BCUT2D eigenvalue weighted by Crippen LogP contribution is -2.43. The number of carbonyl (C=O) groups excluding carboxylic acids is 1. The van der Waals surface area contributed by atoms with Crippen LogP contribution in [0.15, 0.2) is 24.3 Å². The number of nitrogens with one attached hydrogen (secondary N) is 3. The van der Waals surface area contributed by atoms with Crippen molar-refractivity contribution in [3.05, 3.63) is 29.8 Å². The van der Waals surface area contributed by atoms with Crippen LogP contribution < -0.4 is 16.2 Å². The van der Waals surface area contributed by atoms with E-state index < -0.39 is 0 Å². The Morgan fingerprint density at radius 3 is 2.50 bits per heavy atom. The lowest BCUT2D eigenvalue weighted by atomic mass is 10.0. The van der Waals surface area contributed by atoms with E-state index in [1.165, 1.54) is 5.56 Å². The van der Waals surface area contributed by atoms with Gasteiger partial charge >= 0.3 is 0 Å². The van der Waals surface area contributed by atoms with Crippen LogP contribution in [0, 0.1) is 12.3 Å². The number of terminal acetylenes is 1. The summed E-state index contributed by atoms with van der Waals surface area (Å²) in [6.45, 7) is 5.44. The Labute approximate surface area is 156 Å². The first kappa shape index (κ1) is 18.9. The van der Waals surface area contributed by atoms with Crippen molar-refractivity contribution < 1.29 is 4.79 Å². The lowest BCUT2D eigenvalue weighted by Gasteiger charge is -2.32. The molecule has 6 heteroatoms. The number of amides is 1. The Bertz CT molecular complexity index is 639. The van der Waals surface area contributed by atoms with Gasteiger partial charge in [-0.05, 0) is 37.6 Å². The number of carbonyl (C=O) groups is 1. The first-order chi connectivity index (χ1) is 12.6. The molecule has 2 aliphatic heterocycles. The molecule has 0 aliphatic carbocycles. The Kier molecular flexibility index (Phi) is 6.28. The highest BCUT2D eigenvalue weighted by atomic mass is 16.1. The van der Waals surface area contributed by atoms with Gasteiger partial charge in [-0.3, -0.25) is 9.69 Å². The zero-order valence-electron chi connectivity index (χ0n) is 15.6. The van der Waals surface area contributed by atoms with Gasteiger partial charge in [0.2, 0.25) is 5.91 Å². The molecule has 2 heterocycles. The van der Waals surface area contributed by atoms with Crippen LogP contribution in [-0.4, -0.2) is 54.6 Å². The quantitative estimate of drug-likeness (QED) is 0.485. The predicted octanol–water partition coefficient (Wildman–Crippen LogP) is 1.37. The summed E-state index contributed by atoms with van der Waals surface area (Å²) in [5, 5.41) is 2.98. The molecular weight excluding hydrogens is 326 g/mol. The van der Waals surface area contributed by atoms with E-state index in [1.807, 2.05) is 12.1 Å². The van der Waals surface area contributed by atoms with Gasteiger partial charge < -0.3 is 10.2 Å². The molecule has 6 nitrogen and oxygen atoms in total. The minimum atomic E-state index is -0.143. The molecule has 0 radical (unpaired) electrons. The Hall–Kier alpha value is -1.91. The maximum absolute atomic E-state index is 12.2. The molecule has 3 rings (SSSR count). The molecule has 0 bridgehead atoms. The fourth-order valence-corrected chi connectivity index (χ4v) is 3.26. The van der Waals surface area contributed by atoms with Crippen LogP contribution in [0.5, 0.6) is 0 Å². The van der Waals surface area contributed by atoms with E-state index in [0.29, 0.717) is 12.8 Å². The third-order valence-electron chi connectivity index (χ3n) is 5.19. The molecule has 2 fully saturated rings. The van der Waals surface area contributed by atoms with E-state index in [2.05, 4.69) is 51.1 Å². The topological polar surface area (TPSA) is 79.5 Å². The van der Waals surface area contributed by atoms with Crippen LogP contribution in [0.3, 0.4) is 0 Å². The molecule has 0 aromatic heterocycles. The molecule has 2 saturated heterocycles. The molecule has 26 heavy (non-hydrogen) atoms. The van der Waals surface area contributed by atoms with Gasteiger partial charge in [0.1, 0.15) is 0 Å². The molecule has 0 unspecified atom stereocenters. The van der Waals surface area contributed by atoms with Crippen LogP contribution in [0.2, 0.25) is 0 Å². The summed E-state index contributed by atoms with van der Waals surface area (Å²) < 4.78 is 0. The summed E-state index contributed by atoms with van der Waals surface area (Å²) in [5.41, 5.74) is 8.23. The highest BCUT2D eigenvalue weighted by molar-refractivity contribution is 5.90. The maximum atomic E-state index is 12.2. The van der Waals surface area contributed by atoms with Crippen molar-refractivity contribution in [1.29, 1.82) is 0 Å². The van der Waals surface area contributed by atoms with Gasteiger partial charge in [-0.1, -0.05) is 12.1 Å². The van der Waals surface area contributed by atoms with Gasteiger partial charge in [0.05, 0.1) is 5.66 Å². The number of anilines is 1. The average Bonchev–Trinajstić information content (AvgIpc) is 3.42. The Morgan fingerprint density at radius 1 is 1.19 bits per heavy atom. The number of rotatable bonds is 8. The molecular formula is C20H29N5O. The first-order valence-corrected chi connectivity index (χ1v) is 9.36. The van der Waals surface area contributed by atoms with Crippen molar-refractivity contribution >= 4 is 11.6 Å². The summed E-state index contributed by atoms with van der Waals surface area (Å²) in [6.07, 6.45) is 8.06. The second-order valence-corrected chi connectivity index (χ2v) is 7.36. The molecule has 0 spiro atoms. The van der Waals surface area contributed by atoms with Crippen molar-refractivity contribution in [1.82, 2.24) is 20.7 Å². The van der Waals surface area contributed by atoms with Gasteiger partial charge in [0.15, 0.2) is 0 Å². The fourth-order valence-electron chi connectivity index (χ4n) is 3.26. The van der Waals surface area contributed by atoms with Crippen LogP contribution in [0.4, 0.5) is 5.69 Å². The summed E-state index contributed by atoms with van der Waals surface area (Å²) in [4.78, 5) is 17.0. The van der Waals surface area contributed by atoms with E-state index in [4.69, 9.17) is 6.42 Å². The number of likely N-dealkylation sites (N-methyl/N-ethyl adjacent to an activating group) is 1. The number of hydrazine groups is 1. The van der Waals surface area contributed by atoms with E-state index >= 15 is 0 Å². The number of piperazine rings is 1. The average molecular weight is 355 g/mol. The van der Waals surface area contributed by atoms with Gasteiger partial charge in [-0.2, -0.15) is 0 Å². The highest BCUT2D eigenvalue weighted by Gasteiger charge is 2.40. The second-order valence-electron chi connectivity index (χ2n) is 7.36. The Balaban J connectivity index is 1.41. The van der Waals surface area contributed by atoms with E-state index in [1.54, 1.807) is 0 Å². The van der Waals surface area contributed by atoms with Crippen molar-refractivity contribution in [2.75, 3.05) is 38.5 Å². The standard InChI is InChI=1S/C20H29N5O/c1-3-4-10-20(22-23-20)11-9-19(26)21-18-7-5-17(6-8-18)16-25-14-12-24(2)13-15-25/h1,5-8,22-23H,4,9-16H2,2H3,(H,21,26). The van der Waals surface area contributed by atoms with Crippen LogP contribution in [0.25, 0.3) is 0 Å². The molecule has 3 N–H and O–H groups in total. The minimum absolute atomic E-state index is 0.0346. The summed E-state index contributed by atoms with van der Waals surface area (Å²) in [7, 11) is 2.17. The number of benzene rings is 1. The molecule has 0 saturated carbocycles. The van der Waals surface area contributed by atoms with Crippen molar-refractivity contribution in [3.63, 3.8) is 0 Å². The number of nitrogens with zero attached hydrogens (tertiary/aromatic N) is 2. The van der Waals surface area contributed by atoms with E-state index in [9.17, 15) is 4.79 Å². The smallest absolute Gasteiger partial charge is 0.224 e. The van der Waals surface area contributed by atoms with Crippen molar-refractivity contribution in [2.45, 2.75) is 37.9 Å². The molecule has 1 aromatic rings. The first-order valence-electron chi connectivity index (χ1n) is 9.36. The predicted molar refractivity (Wildman–Crippen MR) is 104 cm³/mol. The maximum Gasteiger partial charge on any atom is 0.224 e. The molecule has 140 valence electrons. The Morgan fingerprint density at radius 2 is 1.88 bits per heavy atom. The third kappa shape index (κ3) is 5.55. The van der Waals surface area contributed by atoms with Crippen molar-refractivity contribution in [2.24, 2.45) is 0 Å². The normalized spacial score (nSPS) is 19.7. The van der Waals surface area contributed by atoms with Crippen LogP contribution >= 0.6 is 0 Å². The lowest BCUT2D eigenvalue weighted by molar-refractivity contribution is -0.116. The highest BCUT2D eigenvalue weighted by Crippen LogP contribution is 2.23. The molecule has 1 aromatic carbocycles. The summed E-state index contributed by atoms with van der Waals surface area (Å²) in [5.74, 6) is 2.68. The zero-order chi connectivity index (χ0) is 18.4. The number of hydrogen-bond donors (Lipinski definition) is 3. The van der Waals surface area contributed by atoms with E-state index in [0.717, 1.165) is 51.3 Å². The molecule has 1 amide bonds. The van der Waals surface area contributed by atoms with Gasteiger partial charge in [-0.15, -0.1) is 12.3 Å². The van der Waals surface area contributed by atoms with E-state index in [-0.39, 0.29) is 11.6 Å². The third-order valence-corrected chi connectivity index (χ3v) is 5.19. The largest absolute Gasteiger partial charge is 0.326 e.